The molecule has 0 amide bonds. The van der Waals surface area contributed by atoms with Gasteiger partial charge in [0.2, 0.25) is 0 Å². The van der Waals surface area contributed by atoms with Crippen LogP contribution in [0.5, 0.6) is 0 Å². The molecule has 0 heterocycles. The van der Waals surface area contributed by atoms with Crippen LogP contribution in [0.4, 0.5) is 0 Å². The summed E-state index contributed by atoms with van der Waals surface area (Å²) in [7, 11) is 0. The van der Waals surface area contributed by atoms with Crippen molar-refractivity contribution in [1.29, 1.82) is 0 Å². The first kappa shape index (κ1) is 16.8. The summed E-state index contributed by atoms with van der Waals surface area (Å²) in [6.45, 7) is 7.05. The Morgan fingerprint density at radius 3 is 1.58 bits per heavy atom. The maximum absolute atomic E-state index is 2.47. The van der Waals surface area contributed by atoms with Crippen molar-refractivity contribution in [3.05, 3.63) is 76.9 Å². The highest BCUT2D eigenvalue weighted by Crippen LogP contribution is 2.51. The molecule has 0 saturated carbocycles. The summed E-state index contributed by atoms with van der Waals surface area (Å²) in [6, 6.07) is 13.5. The van der Waals surface area contributed by atoms with E-state index in [0.717, 1.165) is 0 Å². The van der Waals surface area contributed by atoms with Crippen LogP contribution < -0.4 is 0 Å². The predicted octanol–water partition coefficient (Wildman–Crippen LogP) is 7.23. The molecule has 0 saturated heterocycles. The molecule has 2 aromatic carbocycles. The first-order valence-electron chi connectivity index (χ1n) is 8.42. The van der Waals surface area contributed by atoms with Crippen LogP contribution in [-0.4, -0.2) is 0 Å². The summed E-state index contributed by atoms with van der Waals surface area (Å²) >= 11 is 4.94. The Morgan fingerprint density at radius 1 is 0.750 bits per heavy atom. The molecule has 0 bridgehead atoms. The van der Waals surface area contributed by atoms with Crippen molar-refractivity contribution >= 4 is 57.3 Å². The maximum Gasteiger partial charge on any atom is 0.0205 e. The Balaban J connectivity index is 1.79. The van der Waals surface area contributed by atoms with E-state index in [0.29, 0.717) is 17.8 Å². The van der Waals surface area contributed by atoms with Crippen molar-refractivity contribution < 1.29 is 0 Å². The second kappa shape index (κ2) is 6.27. The predicted molar refractivity (Wildman–Crippen MR) is 120 cm³/mol. The Hall–Kier alpha value is -0.620. The van der Waals surface area contributed by atoms with E-state index in [2.05, 4.69) is 115 Å². The van der Waals surface area contributed by atoms with E-state index in [1.807, 2.05) is 0 Å². The minimum absolute atomic E-state index is 0.520. The van der Waals surface area contributed by atoms with Gasteiger partial charge in [-0.2, -0.15) is 0 Å². The van der Waals surface area contributed by atoms with Gasteiger partial charge in [0.15, 0.2) is 0 Å². The Labute approximate surface area is 171 Å². The lowest BCUT2D eigenvalue weighted by atomic mass is 9.73. The summed E-state index contributed by atoms with van der Waals surface area (Å²) in [5.74, 6) is 1.61. The van der Waals surface area contributed by atoms with Gasteiger partial charge in [0.05, 0.1) is 0 Å². The molecule has 0 spiro atoms. The summed E-state index contributed by atoms with van der Waals surface area (Å²) < 4.78 is 2.74. The lowest BCUT2D eigenvalue weighted by molar-refractivity contribution is 0.455. The lowest BCUT2D eigenvalue weighted by Crippen LogP contribution is -2.18. The summed E-state index contributed by atoms with van der Waals surface area (Å²) in [6.07, 6.45) is 4.81. The van der Waals surface area contributed by atoms with Crippen LogP contribution >= 0.6 is 45.2 Å². The fourth-order valence-electron chi connectivity index (χ4n) is 4.67. The molecule has 24 heavy (non-hydrogen) atoms. The van der Waals surface area contributed by atoms with Gasteiger partial charge in [-0.05, 0) is 99.3 Å². The SMILES string of the molecule is CC1=Cc2c(I)cccc2C1C(C)C1C(C)=Cc2c(I)cccc21. The zero-order valence-corrected chi connectivity index (χ0v) is 18.4. The Morgan fingerprint density at radius 2 is 1.17 bits per heavy atom. The van der Waals surface area contributed by atoms with Crippen LogP contribution in [0.15, 0.2) is 47.5 Å². The molecule has 0 radical (unpaired) electrons. The molecule has 2 atom stereocenters. The lowest BCUT2D eigenvalue weighted by Gasteiger charge is -2.30. The average molecular weight is 538 g/mol. The van der Waals surface area contributed by atoms with Gasteiger partial charge < -0.3 is 0 Å². The van der Waals surface area contributed by atoms with E-state index < -0.39 is 0 Å². The van der Waals surface area contributed by atoms with Gasteiger partial charge in [0, 0.05) is 19.0 Å². The molecular weight excluding hydrogens is 518 g/mol. The largest absolute Gasteiger partial charge is 0.0649 e. The first-order chi connectivity index (χ1) is 11.5. The minimum Gasteiger partial charge on any atom is -0.0649 e. The van der Waals surface area contributed by atoms with Crippen LogP contribution in [0, 0.1) is 13.1 Å². The van der Waals surface area contributed by atoms with Crippen molar-refractivity contribution in [3.8, 4) is 0 Å². The minimum atomic E-state index is 0.520. The van der Waals surface area contributed by atoms with Gasteiger partial charge in [-0.1, -0.05) is 54.5 Å². The number of hydrogen-bond acceptors (Lipinski definition) is 0. The monoisotopic (exact) mass is 538 g/mol. The van der Waals surface area contributed by atoms with Gasteiger partial charge >= 0.3 is 0 Å². The summed E-state index contributed by atoms with van der Waals surface area (Å²) in [5.41, 5.74) is 8.92. The molecule has 2 aliphatic rings. The molecule has 0 N–H and O–H groups in total. The number of fused-ring (bicyclic) bond motifs is 2. The van der Waals surface area contributed by atoms with Crippen molar-refractivity contribution in [2.24, 2.45) is 5.92 Å². The molecule has 0 aliphatic heterocycles. The molecule has 2 aromatic rings. The highest BCUT2D eigenvalue weighted by molar-refractivity contribution is 14.1. The molecule has 0 aromatic heterocycles. The summed E-state index contributed by atoms with van der Waals surface area (Å²) in [5, 5.41) is 0. The number of allylic oxidation sites excluding steroid dienone is 2. The third-order valence-electron chi connectivity index (χ3n) is 5.62. The molecule has 2 aliphatic carbocycles. The van der Waals surface area contributed by atoms with E-state index in [4.69, 9.17) is 0 Å². The van der Waals surface area contributed by atoms with Crippen LogP contribution in [-0.2, 0) is 0 Å². The second-order valence-electron chi connectivity index (χ2n) is 7.08. The topological polar surface area (TPSA) is 0 Å². The second-order valence-corrected chi connectivity index (χ2v) is 9.40. The van der Waals surface area contributed by atoms with Gasteiger partial charge in [-0.15, -0.1) is 0 Å². The standard InChI is InChI=1S/C22H20I2/c1-12-10-17-15(6-4-8-19(17)23)21(12)14(3)22-13(2)11-18-16(22)7-5-9-20(18)24/h4-11,14,21-22H,1-3H3. The van der Waals surface area contributed by atoms with Crippen molar-refractivity contribution in [2.45, 2.75) is 32.6 Å². The smallest absolute Gasteiger partial charge is 0.0205 e. The number of hydrogen-bond donors (Lipinski definition) is 0. The zero-order valence-electron chi connectivity index (χ0n) is 14.1. The average Bonchev–Trinajstić information content (AvgIpc) is 3.05. The highest BCUT2D eigenvalue weighted by Gasteiger charge is 2.37. The molecular formula is C22H20I2. The van der Waals surface area contributed by atoms with E-state index in [1.165, 1.54) is 40.5 Å². The molecule has 122 valence electrons. The molecule has 4 rings (SSSR count). The highest BCUT2D eigenvalue weighted by atomic mass is 127. The third-order valence-corrected chi connectivity index (χ3v) is 7.50. The zero-order chi connectivity index (χ0) is 17.0. The van der Waals surface area contributed by atoms with Gasteiger partial charge in [0.1, 0.15) is 0 Å². The fraction of sp³-hybridized carbons (Fsp3) is 0.273. The van der Waals surface area contributed by atoms with E-state index in [-0.39, 0.29) is 0 Å². The van der Waals surface area contributed by atoms with Crippen LogP contribution in [0.25, 0.3) is 12.2 Å². The fourth-order valence-corrected chi connectivity index (χ4v) is 6.02. The van der Waals surface area contributed by atoms with E-state index >= 15 is 0 Å². The molecule has 2 heteroatoms. The molecule has 0 nitrogen and oxygen atoms in total. The van der Waals surface area contributed by atoms with E-state index in [9.17, 15) is 0 Å². The Kier molecular flexibility index (Phi) is 4.40. The van der Waals surface area contributed by atoms with Gasteiger partial charge in [0.25, 0.3) is 0 Å². The van der Waals surface area contributed by atoms with E-state index in [1.54, 1.807) is 0 Å². The van der Waals surface area contributed by atoms with Crippen LogP contribution in [0.1, 0.15) is 54.9 Å². The van der Waals surface area contributed by atoms with Crippen molar-refractivity contribution in [1.82, 2.24) is 0 Å². The van der Waals surface area contributed by atoms with Crippen molar-refractivity contribution in [3.63, 3.8) is 0 Å². The third kappa shape index (κ3) is 2.52. The normalized spacial score (nSPS) is 22.7. The number of benzene rings is 2. The summed E-state index contributed by atoms with van der Waals surface area (Å²) in [4.78, 5) is 0. The number of rotatable bonds is 2. The molecule has 2 unspecified atom stereocenters. The van der Waals surface area contributed by atoms with Gasteiger partial charge in [-0.3, -0.25) is 0 Å². The van der Waals surface area contributed by atoms with Crippen molar-refractivity contribution in [2.75, 3.05) is 0 Å². The van der Waals surface area contributed by atoms with Crippen LogP contribution in [0.3, 0.4) is 0 Å². The first-order valence-corrected chi connectivity index (χ1v) is 10.6. The van der Waals surface area contributed by atoms with Gasteiger partial charge in [-0.25, -0.2) is 0 Å². The quantitative estimate of drug-likeness (QED) is 0.354. The Bertz CT molecular complexity index is 815. The maximum atomic E-state index is 2.47. The van der Waals surface area contributed by atoms with Crippen LogP contribution in [0.2, 0.25) is 0 Å². The number of halogens is 2. The molecule has 0 fully saturated rings.